The molecule has 1 fully saturated rings. The Balaban J connectivity index is 1.57. The van der Waals surface area contributed by atoms with Crippen LogP contribution in [0.5, 0.6) is 5.75 Å². The van der Waals surface area contributed by atoms with Gasteiger partial charge in [-0.15, -0.1) is 0 Å². The van der Waals surface area contributed by atoms with Gasteiger partial charge in [-0.2, -0.15) is 0 Å². The molecule has 3 rings (SSSR count). The molecular formula is C18H21NO2. The van der Waals surface area contributed by atoms with Gasteiger partial charge < -0.3 is 14.7 Å². The van der Waals surface area contributed by atoms with Crippen molar-refractivity contribution in [2.75, 3.05) is 18.0 Å². The number of aliphatic hydroxyl groups is 1. The van der Waals surface area contributed by atoms with E-state index in [0.29, 0.717) is 6.61 Å². The topological polar surface area (TPSA) is 32.7 Å². The molecule has 1 saturated heterocycles. The Bertz CT molecular complexity index is 557. The monoisotopic (exact) mass is 283 g/mol. The zero-order valence-electron chi connectivity index (χ0n) is 12.2. The van der Waals surface area contributed by atoms with Gasteiger partial charge in [0.2, 0.25) is 0 Å². The molecule has 0 bridgehead atoms. The standard InChI is InChI=1S/C18H21NO2/c20-13-15-3-5-16(6-4-15)14-21-18-9-7-17(8-10-18)19-11-1-2-12-19/h3-10,20H,1-2,11-14H2. The third-order valence-electron chi connectivity index (χ3n) is 3.92. The van der Waals surface area contributed by atoms with E-state index in [-0.39, 0.29) is 6.61 Å². The first-order chi connectivity index (χ1) is 10.3. The Kier molecular flexibility index (Phi) is 4.41. The molecule has 0 atom stereocenters. The fourth-order valence-corrected chi connectivity index (χ4v) is 2.64. The summed E-state index contributed by atoms with van der Waals surface area (Å²) in [6.45, 7) is 2.96. The van der Waals surface area contributed by atoms with Crippen LogP contribution in [0.4, 0.5) is 5.69 Å². The van der Waals surface area contributed by atoms with E-state index in [1.54, 1.807) is 0 Å². The summed E-state index contributed by atoms with van der Waals surface area (Å²) in [4.78, 5) is 2.41. The molecule has 110 valence electrons. The number of aliphatic hydroxyl groups excluding tert-OH is 1. The number of anilines is 1. The summed E-state index contributed by atoms with van der Waals surface area (Å²) in [5.74, 6) is 0.893. The fourth-order valence-electron chi connectivity index (χ4n) is 2.64. The molecule has 1 aliphatic rings. The predicted octanol–water partition coefficient (Wildman–Crippen LogP) is 3.36. The highest BCUT2D eigenvalue weighted by atomic mass is 16.5. The van der Waals surface area contributed by atoms with Gasteiger partial charge in [-0.3, -0.25) is 0 Å². The van der Waals surface area contributed by atoms with Crippen LogP contribution in [-0.4, -0.2) is 18.2 Å². The average Bonchev–Trinajstić information content (AvgIpc) is 3.08. The van der Waals surface area contributed by atoms with Crippen LogP contribution >= 0.6 is 0 Å². The summed E-state index contributed by atoms with van der Waals surface area (Å²) in [5.41, 5.74) is 3.32. The lowest BCUT2D eigenvalue weighted by atomic mass is 10.1. The van der Waals surface area contributed by atoms with Crippen molar-refractivity contribution < 1.29 is 9.84 Å². The van der Waals surface area contributed by atoms with E-state index < -0.39 is 0 Å². The molecule has 1 aliphatic heterocycles. The number of benzene rings is 2. The first-order valence-corrected chi connectivity index (χ1v) is 7.51. The van der Waals surface area contributed by atoms with E-state index in [2.05, 4.69) is 17.0 Å². The van der Waals surface area contributed by atoms with Gasteiger partial charge >= 0.3 is 0 Å². The van der Waals surface area contributed by atoms with Crippen LogP contribution in [0, 0.1) is 0 Å². The Morgan fingerprint density at radius 3 is 2.10 bits per heavy atom. The minimum absolute atomic E-state index is 0.0824. The fraction of sp³-hybridized carbons (Fsp3) is 0.333. The Morgan fingerprint density at radius 2 is 1.48 bits per heavy atom. The largest absolute Gasteiger partial charge is 0.489 e. The van der Waals surface area contributed by atoms with Crippen LogP contribution in [0.1, 0.15) is 24.0 Å². The van der Waals surface area contributed by atoms with Crippen LogP contribution in [0.2, 0.25) is 0 Å². The van der Waals surface area contributed by atoms with Crippen molar-refractivity contribution in [1.82, 2.24) is 0 Å². The van der Waals surface area contributed by atoms with Crippen LogP contribution in [0.3, 0.4) is 0 Å². The van der Waals surface area contributed by atoms with E-state index in [0.717, 1.165) is 30.0 Å². The second kappa shape index (κ2) is 6.64. The van der Waals surface area contributed by atoms with Crippen molar-refractivity contribution in [2.24, 2.45) is 0 Å². The lowest BCUT2D eigenvalue weighted by Gasteiger charge is -2.17. The molecule has 21 heavy (non-hydrogen) atoms. The van der Waals surface area contributed by atoms with E-state index in [4.69, 9.17) is 9.84 Å². The smallest absolute Gasteiger partial charge is 0.119 e. The summed E-state index contributed by atoms with van der Waals surface area (Å²) in [6, 6.07) is 16.2. The Hall–Kier alpha value is -2.00. The number of rotatable bonds is 5. The van der Waals surface area contributed by atoms with Gasteiger partial charge in [0.05, 0.1) is 6.61 Å². The van der Waals surface area contributed by atoms with Gasteiger partial charge in [-0.05, 0) is 48.2 Å². The van der Waals surface area contributed by atoms with E-state index in [1.165, 1.54) is 18.5 Å². The molecule has 0 saturated carbocycles. The van der Waals surface area contributed by atoms with Crippen LogP contribution in [0.25, 0.3) is 0 Å². The van der Waals surface area contributed by atoms with Crippen molar-refractivity contribution in [2.45, 2.75) is 26.1 Å². The predicted molar refractivity (Wildman–Crippen MR) is 84.6 cm³/mol. The summed E-state index contributed by atoms with van der Waals surface area (Å²) >= 11 is 0. The molecule has 3 heteroatoms. The molecule has 2 aromatic carbocycles. The highest BCUT2D eigenvalue weighted by Gasteiger charge is 2.11. The molecule has 0 unspecified atom stereocenters. The van der Waals surface area contributed by atoms with Gasteiger partial charge in [0.1, 0.15) is 12.4 Å². The second-order valence-electron chi connectivity index (χ2n) is 5.45. The van der Waals surface area contributed by atoms with Crippen LogP contribution in [0.15, 0.2) is 48.5 Å². The van der Waals surface area contributed by atoms with Crippen molar-refractivity contribution >= 4 is 5.69 Å². The van der Waals surface area contributed by atoms with Gasteiger partial charge in [0.15, 0.2) is 0 Å². The van der Waals surface area contributed by atoms with Crippen LogP contribution in [-0.2, 0) is 13.2 Å². The van der Waals surface area contributed by atoms with E-state index >= 15 is 0 Å². The SMILES string of the molecule is OCc1ccc(COc2ccc(N3CCCC3)cc2)cc1. The molecule has 0 amide bonds. The first-order valence-electron chi connectivity index (χ1n) is 7.51. The van der Waals surface area contributed by atoms with Gasteiger partial charge in [0, 0.05) is 18.8 Å². The molecule has 0 aliphatic carbocycles. The van der Waals surface area contributed by atoms with Crippen molar-refractivity contribution in [3.05, 3.63) is 59.7 Å². The second-order valence-corrected chi connectivity index (χ2v) is 5.45. The summed E-state index contributed by atoms with van der Waals surface area (Å²) in [6.07, 6.45) is 2.59. The number of hydrogen-bond acceptors (Lipinski definition) is 3. The molecule has 3 nitrogen and oxygen atoms in total. The minimum Gasteiger partial charge on any atom is -0.489 e. The third kappa shape index (κ3) is 3.56. The summed E-state index contributed by atoms with van der Waals surface area (Å²) in [5, 5.41) is 9.02. The Labute approximate surface area is 125 Å². The highest BCUT2D eigenvalue weighted by molar-refractivity contribution is 5.49. The molecule has 1 N–H and O–H groups in total. The normalized spacial score (nSPS) is 14.4. The number of ether oxygens (including phenoxy) is 1. The lowest BCUT2D eigenvalue weighted by molar-refractivity contribution is 0.281. The number of nitrogens with zero attached hydrogens (tertiary/aromatic N) is 1. The molecule has 2 aromatic rings. The average molecular weight is 283 g/mol. The van der Waals surface area contributed by atoms with Crippen molar-refractivity contribution in [3.8, 4) is 5.75 Å². The van der Waals surface area contributed by atoms with Crippen LogP contribution < -0.4 is 9.64 Å². The first kappa shape index (κ1) is 14.0. The molecule has 0 spiro atoms. The van der Waals surface area contributed by atoms with Crippen molar-refractivity contribution in [1.29, 1.82) is 0 Å². The maximum absolute atomic E-state index is 9.02. The minimum atomic E-state index is 0.0824. The zero-order valence-corrected chi connectivity index (χ0v) is 12.2. The van der Waals surface area contributed by atoms with Gasteiger partial charge in [-0.25, -0.2) is 0 Å². The zero-order chi connectivity index (χ0) is 14.5. The number of hydrogen-bond donors (Lipinski definition) is 1. The summed E-state index contributed by atoms with van der Waals surface area (Å²) in [7, 11) is 0. The summed E-state index contributed by atoms with van der Waals surface area (Å²) < 4.78 is 5.80. The quantitative estimate of drug-likeness (QED) is 0.913. The molecular weight excluding hydrogens is 262 g/mol. The van der Waals surface area contributed by atoms with E-state index in [9.17, 15) is 0 Å². The maximum atomic E-state index is 9.02. The molecule has 0 aromatic heterocycles. The maximum Gasteiger partial charge on any atom is 0.119 e. The Morgan fingerprint density at radius 1 is 0.857 bits per heavy atom. The molecule has 0 radical (unpaired) electrons. The van der Waals surface area contributed by atoms with Gasteiger partial charge in [0.25, 0.3) is 0 Å². The van der Waals surface area contributed by atoms with Crippen molar-refractivity contribution in [3.63, 3.8) is 0 Å². The third-order valence-corrected chi connectivity index (χ3v) is 3.92. The lowest BCUT2D eigenvalue weighted by Crippen LogP contribution is -2.17. The van der Waals surface area contributed by atoms with Gasteiger partial charge in [-0.1, -0.05) is 24.3 Å². The highest BCUT2D eigenvalue weighted by Crippen LogP contribution is 2.23. The van der Waals surface area contributed by atoms with E-state index in [1.807, 2.05) is 36.4 Å². The molecule has 1 heterocycles.